The molecule has 0 bridgehead atoms. The predicted molar refractivity (Wildman–Crippen MR) is 71.3 cm³/mol. The van der Waals surface area contributed by atoms with Crippen LogP contribution in [0.2, 0.25) is 5.15 Å². The van der Waals surface area contributed by atoms with E-state index in [1.807, 2.05) is 0 Å². The summed E-state index contributed by atoms with van der Waals surface area (Å²) in [7, 11) is 0. The molecule has 0 radical (unpaired) electrons. The Morgan fingerprint density at radius 2 is 1.85 bits per heavy atom. The summed E-state index contributed by atoms with van der Waals surface area (Å²) in [5, 5.41) is -0.121. The highest BCUT2D eigenvalue weighted by atomic mass is 79.9. The second-order valence-electron chi connectivity index (χ2n) is 3.58. The highest BCUT2D eigenvalue weighted by Crippen LogP contribution is 2.36. The summed E-state index contributed by atoms with van der Waals surface area (Å²) in [6, 6.07) is 5.48. The zero-order valence-corrected chi connectivity index (χ0v) is 11.9. The van der Waals surface area contributed by atoms with E-state index in [9.17, 15) is 13.2 Å². The lowest BCUT2D eigenvalue weighted by Gasteiger charge is -2.13. The van der Waals surface area contributed by atoms with Gasteiger partial charge in [0.05, 0.1) is 0 Å². The molecule has 2 aromatic rings. The molecule has 0 spiro atoms. The molecule has 20 heavy (non-hydrogen) atoms. The summed E-state index contributed by atoms with van der Waals surface area (Å²) in [5.41, 5.74) is 5.58. The fourth-order valence-corrected chi connectivity index (χ4v) is 1.95. The lowest BCUT2D eigenvalue weighted by atomic mass is 10.1. The highest BCUT2D eigenvalue weighted by molar-refractivity contribution is 9.10. The van der Waals surface area contributed by atoms with Gasteiger partial charge in [-0.3, -0.25) is 0 Å². The molecule has 2 N–H and O–H groups in total. The summed E-state index contributed by atoms with van der Waals surface area (Å²) < 4.78 is 41.2. The van der Waals surface area contributed by atoms with E-state index in [4.69, 9.17) is 17.3 Å². The zero-order chi connectivity index (χ0) is 14.9. The van der Waals surface area contributed by atoms with E-state index in [0.29, 0.717) is 0 Å². The second kappa shape index (κ2) is 5.45. The van der Waals surface area contributed by atoms with Crippen LogP contribution in [0.3, 0.4) is 0 Å². The third-order valence-corrected chi connectivity index (χ3v) is 3.05. The Morgan fingerprint density at radius 1 is 1.20 bits per heavy atom. The first kappa shape index (κ1) is 14.9. The van der Waals surface area contributed by atoms with Gasteiger partial charge in [-0.25, -0.2) is 9.97 Å². The molecule has 1 aromatic heterocycles. The Bertz CT molecular complexity index is 651. The van der Waals surface area contributed by atoms with Crippen molar-refractivity contribution in [2.45, 2.75) is 6.36 Å². The Morgan fingerprint density at radius 3 is 2.50 bits per heavy atom. The summed E-state index contributed by atoms with van der Waals surface area (Å²) >= 11 is 8.91. The molecule has 0 unspecified atom stereocenters. The van der Waals surface area contributed by atoms with Crippen molar-refractivity contribution in [3.8, 4) is 17.0 Å². The molecule has 0 aliphatic heterocycles. The third kappa shape index (κ3) is 3.31. The number of para-hydroxylation sites is 1. The maximum Gasteiger partial charge on any atom is 0.573 e. The summed E-state index contributed by atoms with van der Waals surface area (Å²) in [5.74, 6) is -0.388. The van der Waals surface area contributed by atoms with Crippen molar-refractivity contribution >= 4 is 33.3 Å². The van der Waals surface area contributed by atoms with E-state index < -0.39 is 12.1 Å². The molecule has 4 nitrogen and oxygen atoms in total. The Balaban J connectivity index is 2.56. The standard InChI is InChI=1S/C11H6BrClF3N3O/c12-8-10(17)19-9(13)7(18-8)5-3-1-2-4-6(5)20-11(14,15)16/h1-4H,(H2,17,19). The van der Waals surface area contributed by atoms with Crippen molar-refractivity contribution in [2.75, 3.05) is 5.73 Å². The van der Waals surface area contributed by atoms with Crippen molar-refractivity contribution in [3.05, 3.63) is 34.0 Å². The van der Waals surface area contributed by atoms with E-state index in [-0.39, 0.29) is 26.8 Å². The fraction of sp³-hybridized carbons (Fsp3) is 0.0909. The van der Waals surface area contributed by atoms with Gasteiger partial charge in [0, 0.05) is 5.56 Å². The highest BCUT2D eigenvalue weighted by Gasteiger charge is 2.32. The van der Waals surface area contributed by atoms with Gasteiger partial charge in [0.2, 0.25) is 0 Å². The van der Waals surface area contributed by atoms with Gasteiger partial charge in [-0.05, 0) is 28.1 Å². The summed E-state index contributed by atoms with van der Waals surface area (Å²) in [4.78, 5) is 7.77. The van der Waals surface area contributed by atoms with Crippen LogP contribution in [-0.2, 0) is 0 Å². The van der Waals surface area contributed by atoms with E-state index in [1.165, 1.54) is 18.2 Å². The Hall–Kier alpha value is -1.54. The normalized spacial score (nSPS) is 11.4. The summed E-state index contributed by atoms with van der Waals surface area (Å²) in [6.45, 7) is 0. The largest absolute Gasteiger partial charge is 0.573 e. The lowest BCUT2D eigenvalue weighted by molar-refractivity contribution is -0.274. The van der Waals surface area contributed by atoms with Gasteiger partial charge in [-0.1, -0.05) is 23.7 Å². The first-order valence-electron chi connectivity index (χ1n) is 5.11. The average molecular weight is 369 g/mol. The topological polar surface area (TPSA) is 61.0 Å². The van der Waals surface area contributed by atoms with Crippen LogP contribution < -0.4 is 10.5 Å². The number of benzene rings is 1. The van der Waals surface area contributed by atoms with Gasteiger partial charge in [-0.15, -0.1) is 13.2 Å². The number of aromatic nitrogens is 2. The number of nitrogens with zero attached hydrogens (tertiary/aromatic N) is 2. The second-order valence-corrected chi connectivity index (χ2v) is 4.69. The van der Waals surface area contributed by atoms with Gasteiger partial charge < -0.3 is 10.5 Å². The van der Waals surface area contributed by atoms with Crippen molar-refractivity contribution in [2.24, 2.45) is 0 Å². The maximum atomic E-state index is 12.4. The molecule has 1 aromatic carbocycles. The molecule has 2 rings (SSSR count). The van der Waals surface area contributed by atoms with Crippen LogP contribution in [-0.4, -0.2) is 16.3 Å². The minimum absolute atomic E-state index is 0.0348. The number of hydrogen-bond donors (Lipinski definition) is 1. The van der Waals surface area contributed by atoms with Crippen LogP contribution in [0.15, 0.2) is 28.9 Å². The number of nitrogen functional groups attached to an aromatic ring is 1. The molecule has 0 aliphatic rings. The van der Waals surface area contributed by atoms with Crippen LogP contribution in [0.25, 0.3) is 11.3 Å². The average Bonchev–Trinajstić information content (AvgIpc) is 2.33. The van der Waals surface area contributed by atoms with Crippen molar-refractivity contribution in [1.82, 2.24) is 9.97 Å². The molecule has 0 saturated heterocycles. The number of rotatable bonds is 2. The molecule has 1 heterocycles. The molecule has 0 saturated carbocycles. The van der Waals surface area contributed by atoms with Gasteiger partial charge in [0.25, 0.3) is 0 Å². The predicted octanol–water partition coefficient (Wildman–Crippen LogP) is 4.04. The van der Waals surface area contributed by atoms with E-state index in [1.54, 1.807) is 0 Å². The molecule has 0 fully saturated rings. The smallest absolute Gasteiger partial charge is 0.405 e. The van der Waals surface area contributed by atoms with E-state index in [2.05, 4.69) is 30.6 Å². The van der Waals surface area contributed by atoms with Crippen molar-refractivity contribution in [1.29, 1.82) is 0 Å². The number of nitrogens with two attached hydrogens (primary N) is 1. The number of alkyl halides is 3. The van der Waals surface area contributed by atoms with Gasteiger partial charge >= 0.3 is 6.36 Å². The van der Waals surface area contributed by atoms with Gasteiger partial charge in [0.15, 0.2) is 11.0 Å². The van der Waals surface area contributed by atoms with E-state index in [0.717, 1.165) is 6.07 Å². The van der Waals surface area contributed by atoms with Gasteiger partial charge in [0.1, 0.15) is 16.0 Å². The van der Waals surface area contributed by atoms with Crippen LogP contribution in [0.5, 0.6) is 5.75 Å². The molecule has 106 valence electrons. The Kier molecular flexibility index (Phi) is 4.05. The number of halogens is 5. The quantitative estimate of drug-likeness (QED) is 0.869. The number of anilines is 1. The first-order chi connectivity index (χ1) is 9.28. The summed E-state index contributed by atoms with van der Waals surface area (Å²) in [6.07, 6.45) is -4.82. The molecule has 0 aliphatic carbocycles. The molecular weight excluding hydrogens is 362 g/mol. The molecular formula is C11H6BrClF3N3O. The minimum atomic E-state index is -4.82. The van der Waals surface area contributed by atoms with Crippen molar-refractivity contribution < 1.29 is 17.9 Å². The van der Waals surface area contributed by atoms with Crippen molar-refractivity contribution in [3.63, 3.8) is 0 Å². The maximum absolute atomic E-state index is 12.4. The van der Waals surface area contributed by atoms with Crippen LogP contribution in [0, 0.1) is 0 Å². The SMILES string of the molecule is Nc1nc(Cl)c(-c2ccccc2OC(F)(F)F)nc1Br. The van der Waals surface area contributed by atoms with Crippen LogP contribution in [0.4, 0.5) is 19.0 Å². The lowest BCUT2D eigenvalue weighted by Crippen LogP contribution is -2.17. The number of hydrogen-bond acceptors (Lipinski definition) is 4. The minimum Gasteiger partial charge on any atom is -0.405 e. The molecule has 0 amide bonds. The zero-order valence-electron chi connectivity index (χ0n) is 9.58. The van der Waals surface area contributed by atoms with Crippen LogP contribution in [0.1, 0.15) is 0 Å². The first-order valence-corrected chi connectivity index (χ1v) is 6.28. The van der Waals surface area contributed by atoms with Crippen LogP contribution >= 0.6 is 27.5 Å². The van der Waals surface area contributed by atoms with Gasteiger partial charge in [-0.2, -0.15) is 0 Å². The molecule has 9 heteroatoms. The molecule has 0 atom stereocenters. The monoisotopic (exact) mass is 367 g/mol. The van der Waals surface area contributed by atoms with E-state index >= 15 is 0 Å². The third-order valence-electron chi connectivity index (χ3n) is 2.20. The number of ether oxygens (including phenoxy) is 1. The fourth-order valence-electron chi connectivity index (χ4n) is 1.45. The Labute approximate surface area is 124 Å².